The van der Waals surface area contributed by atoms with Crippen LogP contribution in [-0.4, -0.2) is 0 Å². The Hall–Kier alpha value is -5.98. The second-order valence-corrected chi connectivity index (χ2v) is 13.1. The highest BCUT2D eigenvalue weighted by Crippen LogP contribution is 2.65. The third-order valence-electron chi connectivity index (χ3n) is 11.0. The zero-order valence-electron chi connectivity index (χ0n) is 25.7. The molecule has 0 unspecified atom stereocenters. The van der Waals surface area contributed by atoms with E-state index >= 15 is 0 Å². The van der Waals surface area contributed by atoms with Crippen molar-refractivity contribution in [1.29, 1.82) is 0 Å². The minimum absolute atomic E-state index is 0.366. The monoisotopic (exact) mass is 592 g/mol. The Balaban J connectivity index is 1.29. The quantitative estimate of drug-likeness (QED) is 0.187. The third-order valence-corrected chi connectivity index (χ3v) is 11.0. The van der Waals surface area contributed by atoms with E-state index in [1.807, 2.05) is 0 Å². The van der Waals surface area contributed by atoms with Crippen LogP contribution in [-0.2, 0) is 5.41 Å². The molecule has 0 bridgehead atoms. The lowest BCUT2D eigenvalue weighted by Gasteiger charge is -2.30. The molecule has 0 aliphatic heterocycles. The second-order valence-electron chi connectivity index (χ2n) is 13.1. The lowest BCUT2D eigenvalue weighted by Crippen LogP contribution is -2.25. The van der Waals surface area contributed by atoms with E-state index in [9.17, 15) is 0 Å². The van der Waals surface area contributed by atoms with Crippen molar-refractivity contribution >= 4 is 10.8 Å². The first-order chi connectivity index (χ1) is 23.3. The topological polar surface area (TPSA) is 0 Å². The van der Waals surface area contributed by atoms with Gasteiger partial charge in [-0.3, -0.25) is 0 Å². The van der Waals surface area contributed by atoms with E-state index in [0.29, 0.717) is 0 Å². The summed E-state index contributed by atoms with van der Waals surface area (Å²) in [5.74, 6) is 0. The first kappa shape index (κ1) is 25.2. The van der Waals surface area contributed by atoms with Gasteiger partial charge in [-0.25, -0.2) is 0 Å². The molecule has 3 aliphatic rings. The van der Waals surface area contributed by atoms with Gasteiger partial charge in [0.1, 0.15) is 0 Å². The summed E-state index contributed by atoms with van der Waals surface area (Å²) in [6.07, 6.45) is 0. The minimum atomic E-state index is -0.366. The molecule has 1 spiro atoms. The molecule has 0 saturated heterocycles. The smallest absolute Gasteiger partial charge is 0.0622 e. The third kappa shape index (κ3) is 3.08. The summed E-state index contributed by atoms with van der Waals surface area (Å²) < 4.78 is 0. The van der Waals surface area contributed by atoms with E-state index in [4.69, 9.17) is 0 Å². The fraction of sp³-hybridized carbons (Fsp3) is 0.0213. The number of rotatable bonds is 2. The molecule has 8 aromatic rings. The van der Waals surface area contributed by atoms with Crippen molar-refractivity contribution in [2.75, 3.05) is 0 Å². The molecule has 0 aromatic heterocycles. The summed E-state index contributed by atoms with van der Waals surface area (Å²) in [5.41, 5.74) is 21.0. The van der Waals surface area contributed by atoms with Crippen LogP contribution in [0.2, 0.25) is 0 Å². The van der Waals surface area contributed by atoms with Gasteiger partial charge in [0.25, 0.3) is 0 Å². The first-order valence-electron chi connectivity index (χ1n) is 16.5. The van der Waals surface area contributed by atoms with E-state index in [-0.39, 0.29) is 5.41 Å². The van der Waals surface area contributed by atoms with Gasteiger partial charge in [-0.05, 0) is 118 Å². The van der Waals surface area contributed by atoms with Crippen LogP contribution in [0.5, 0.6) is 0 Å². The maximum atomic E-state index is 2.57. The highest BCUT2D eigenvalue weighted by molar-refractivity contribution is 6.22. The molecule has 8 aromatic carbocycles. The molecule has 0 fully saturated rings. The molecule has 0 nitrogen and oxygen atoms in total. The van der Waals surface area contributed by atoms with Crippen molar-refractivity contribution in [2.45, 2.75) is 5.41 Å². The van der Waals surface area contributed by atoms with Crippen LogP contribution in [0, 0.1) is 0 Å². The number of fused-ring (bicyclic) bond motifs is 14. The Labute approximate surface area is 274 Å². The molecule has 3 aliphatic carbocycles. The molecule has 0 saturated carbocycles. The predicted octanol–water partition coefficient (Wildman–Crippen LogP) is 12.2. The molecule has 0 radical (unpaired) electrons. The largest absolute Gasteiger partial charge is 0.0725 e. The maximum absolute atomic E-state index is 2.57. The van der Waals surface area contributed by atoms with Crippen LogP contribution < -0.4 is 0 Å². The SMILES string of the molecule is c1ccc(-c2cc3c(cc2-c2ccccc2)-c2cc4c(c5cccc-3c25)-c2ccccc2C42c3ccccc3-c3ccccc32)cc1. The zero-order chi connectivity index (χ0) is 30.7. The average molecular weight is 593 g/mol. The fourth-order valence-electron chi connectivity index (χ4n) is 9.25. The molecular formula is C47H28. The van der Waals surface area contributed by atoms with Crippen molar-refractivity contribution in [3.63, 3.8) is 0 Å². The fourth-order valence-corrected chi connectivity index (χ4v) is 9.25. The molecule has 47 heavy (non-hydrogen) atoms. The molecule has 0 heterocycles. The van der Waals surface area contributed by atoms with Crippen molar-refractivity contribution in [2.24, 2.45) is 0 Å². The van der Waals surface area contributed by atoms with E-state index in [2.05, 4.69) is 170 Å². The van der Waals surface area contributed by atoms with Crippen molar-refractivity contribution < 1.29 is 0 Å². The molecule has 216 valence electrons. The first-order valence-corrected chi connectivity index (χ1v) is 16.5. The summed E-state index contributed by atoms with van der Waals surface area (Å²) in [5, 5.41) is 2.72. The van der Waals surface area contributed by atoms with Gasteiger partial charge in [0.15, 0.2) is 0 Å². The molecule has 11 rings (SSSR count). The Morgan fingerprint density at radius 1 is 0.277 bits per heavy atom. The molecule has 0 amide bonds. The van der Waals surface area contributed by atoms with E-state index in [1.54, 1.807) is 0 Å². The summed E-state index contributed by atoms with van der Waals surface area (Å²) in [7, 11) is 0. The van der Waals surface area contributed by atoms with E-state index in [1.165, 1.54) is 99.8 Å². The Morgan fingerprint density at radius 3 is 1.34 bits per heavy atom. The summed E-state index contributed by atoms with van der Waals surface area (Å²) in [6.45, 7) is 0. The number of hydrogen-bond acceptors (Lipinski definition) is 0. The van der Waals surface area contributed by atoms with E-state index in [0.717, 1.165) is 0 Å². The normalized spacial score (nSPS) is 13.7. The van der Waals surface area contributed by atoms with Crippen molar-refractivity contribution in [3.05, 3.63) is 192 Å². The lowest BCUT2D eigenvalue weighted by atomic mass is 9.70. The predicted molar refractivity (Wildman–Crippen MR) is 196 cm³/mol. The van der Waals surface area contributed by atoms with Crippen LogP contribution in [0.25, 0.3) is 77.5 Å². The van der Waals surface area contributed by atoms with Crippen LogP contribution in [0.3, 0.4) is 0 Å². The van der Waals surface area contributed by atoms with Gasteiger partial charge >= 0.3 is 0 Å². The van der Waals surface area contributed by atoms with Gasteiger partial charge in [-0.1, -0.05) is 152 Å². The van der Waals surface area contributed by atoms with Crippen LogP contribution in [0.15, 0.2) is 170 Å². The van der Waals surface area contributed by atoms with E-state index < -0.39 is 0 Å². The standard InChI is InChI=1S/C47H28/c1-3-14-29(15-4-1)36-26-38-33-21-13-22-35-45(33)40(39(38)27-37(36)30-16-5-2-6-17-30)28-44-46(35)34-20-9-12-25-43(34)47(44)41-23-10-7-18-31(41)32-19-8-11-24-42(32)47/h1-28H. The molecule has 0 N–H and O–H groups in total. The highest BCUT2D eigenvalue weighted by Gasteiger charge is 2.52. The Bertz CT molecular complexity index is 2560. The van der Waals surface area contributed by atoms with Crippen molar-refractivity contribution in [3.8, 4) is 66.8 Å². The minimum Gasteiger partial charge on any atom is -0.0622 e. The molecular weight excluding hydrogens is 565 g/mol. The highest BCUT2D eigenvalue weighted by atomic mass is 14.5. The second kappa shape index (κ2) is 9.06. The average Bonchev–Trinajstić information content (AvgIpc) is 3.74. The van der Waals surface area contributed by atoms with Crippen LogP contribution in [0.1, 0.15) is 22.3 Å². The summed E-state index contributed by atoms with van der Waals surface area (Å²) in [6, 6.07) is 63.6. The Kier molecular flexibility index (Phi) is 4.86. The van der Waals surface area contributed by atoms with Gasteiger partial charge in [-0.15, -0.1) is 0 Å². The zero-order valence-corrected chi connectivity index (χ0v) is 25.7. The van der Waals surface area contributed by atoms with Crippen LogP contribution in [0.4, 0.5) is 0 Å². The van der Waals surface area contributed by atoms with Gasteiger partial charge < -0.3 is 0 Å². The molecule has 0 heteroatoms. The maximum Gasteiger partial charge on any atom is 0.0725 e. The summed E-state index contributed by atoms with van der Waals surface area (Å²) in [4.78, 5) is 0. The summed E-state index contributed by atoms with van der Waals surface area (Å²) >= 11 is 0. The molecule has 0 atom stereocenters. The van der Waals surface area contributed by atoms with Crippen LogP contribution >= 0.6 is 0 Å². The van der Waals surface area contributed by atoms with Gasteiger partial charge in [-0.2, -0.15) is 0 Å². The van der Waals surface area contributed by atoms with Gasteiger partial charge in [0, 0.05) is 0 Å². The number of hydrogen-bond donors (Lipinski definition) is 0. The Morgan fingerprint density at radius 2 is 0.745 bits per heavy atom. The van der Waals surface area contributed by atoms with Gasteiger partial charge in [0.05, 0.1) is 5.41 Å². The lowest BCUT2D eigenvalue weighted by molar-refractivity contribution is 0.795. The number of benzene rings is 8. The van der Waals surface area contributed by atoms with Crippen molar-refractivity contribution in [1.82, 2.24) is 0 Å². The van der Waals surface area contributed by atoms with Gasteiger partial charge in [0.2, 0.25) is 0 Å².